The zero-order valence-corrected chi connectivity index (χ0v) is 11.5. The molecular weight excluding hydrogens is 254 g/mol. The van der Waals surface area contributed by atoms with Crippen LogP contribution in [0.2, 0.25) is 0 Å². The predicted octanol–water partition coefficient (Wildman–Crippen LogP) is 2.75. The normalized spacial score (nSPS) is 21.1. The van der Waals surface area contributed by atoms with Crippen molar-refractivity contribution in [3.8, 4) is 0 Å². The third-order valence-corrected chi connectivity index (χ3v) is 4.36. The zero-order valence-electron chi connectivity index (χ0n) is 11.5. The van der Waals surface area contributed by atoms with E-state index in [1.807, 2.05) is 24.3 Å². The van der Waals surface area contributed by atoms with E-state index in [1.165, 1.54) is 0 Å². The lowest BCUT2D eigenvalue weighted by Gasteiger charge is -2.33. The van der Waals surface area contributed by atoms with Crippen LogP contribution in [-0.2, 0) is 14.9 Å². The van der Waals surface area contributed by atoms with E-state index >= 15 is 0 Å². The summed E-state index contributed by atoms with van der Waals surface area (Å²) < 4.78 is 5.48. The number of hydrogen-bond donors (Lipinski definition) is 1. The number of aliphatic imine (C=N–C) groups is 1. The highest BCUT2D eigenvalue weighted by atomic mass is 16.5. The number of carboxylic acid groups (broad SMARTS) is 1. The second-order valence-corrected chi connectivity index (χ2v) is 5.56. The van der Waals surface area contributed by atoms with E-state index in [4.69, 9.17) is 4.74 Å². The first-order valence-electron chi connectivity index (χ1n) is 7.24. The summed E-state index contributed by atoms with van der Waals surface area (Å²) in [6.45, 7) is 1.30. The number of carboxylic acids is 1. The summed E-state index contributed by atoms with van der Waals surface area (Å²) in [5.74, 6) is -0.0631. The molecule has 1 N–H and O–H groups in total. The fourth-order valence-electron chi connectivity index (χ4n) is 3.24. The molecule has 4 nitrogen and oxygen atoms in total. The van der Waals surface area contributed by atoms with Gasteiger partial charge in [0.2, 0.25) is 5.90 Å². The van der Waals surface area contributed by atoms with Crippen molar-refractivity contribution in [1.82, 2.24) is 0 Å². The summed E-state index contributed by atoms with van der Waals surface area (Å²) in [4.78, 5) is 16.2. The van der Waals surface area contributed by atoms with E-state index in [2.05, 4.69) is 4.99 Å². The number of rotatable bonds is 3. The quantitative estimate of drug-likeness (QED) is 0.921. The standard InChI is InChI=1S/C16H19NO3/c18-15(19)16(7-2-1-3-8-16)13-6-4-5-12(11-13)14-17-9-10-20-14/h4-6,11H,1-3,7-10H2,(H,18,19). The van der Waals surface area contributed by atoms with Crippen molar-refractivity contribution < 1.29 is 14.6 Å². The first-order valence-corrected chi connectivity index (χ1v) is 7.24. The zero-order chi connectivity index (χ0) is 14.0. The van der Waals surface area contributed by atoms with Crippen LogP contribution >= 0.6 is 0 Å². The maximum absolute atomic E-state index is 11.8. The second kappa shape index (κ2) is 5.27. The van der Waals surface area contributed by atoms with Gasteiger partial charge in [0.1, 0.15) is 6.61 Å². The summed E-state index contributed by atoms with van der Waals surface area (Å²) >= 11 is 0. The molecule has 0 radical (unpaired) electrons. The van der Waals surface area contributed by atoms with Crippen molar-refractivity contribution in [2.75, 3.05) is 13.2 Å². The van der Waals surface area contributed by atoms with Gasteiger partial charge in [-0.25, -0.2) is 4.99 Å². The molecule has 0 spiro atoms. The number of benzene rings is 1. The van der Waals surface area contributed by atoms with E-state index in [-0.39, 0.29) is 0 Å². The Morgan fingerprint density at radius 2 is 2.05 bits per heavy atom. The van der Waals surface area contributed by atoms with Crippen molar-refractivity contribution in [1.29, 1.82) is 0 Å². The third kappa shape index (κ3) is 2.19. The van der Waals surface area contributed by atoms with E-state index in [1.54, 1.807) is 0 Å². The molecule has 3 rings (SSSR count). The molecule has 1 fully saturated rings. The fraction of sp³-hybridized carbons (Fsp3) is 0.500. The first kappa shape index (κ1) is 13.2. The van der Waals surface area contributed by atoms with Crippen LogP contribution in [0.4, 0.5) is 0 Å². The average molecular weight is 273 g/mol. The molecule has 0 aromatic heterocycles. The molecule has 2 aliphatic rings. The molecule has 1 aromatic rings. The molecule has 1 aromatic carbocycles. The molecule has 20 heavy (non-hydrogen) atoms. The predicted molar refractivity (Wildman–Crippen MR) is 76.2 cm³/mol. The molecule has 106 valence electrons. The van der Waals surface area contributed by atoms with E-state index in [0.717, 1.165) is 43.2 Å². The van der Waals surface area contributed by atoms with Crippen molar-refractivity contribution >= 4 is 11.9 Å². The molecule has 1 heterocycles. The monoisotopic (exact) mass is 273 g/mol. The van der Waals surface area contributed by atoms with Crippen LogP contribution in [0.25, 0.3) is 0 Å². The highest BCUT2D eigenvalue weighted by molar-refractivity contribution is 5.95. The lowest BCUT2D eigenvalue weighted by Crippen LogP contribution is -2.37. The average Bonchev–Trinajstić information content (AvgIpc) is 3.02. The maximum atomic E-state index is 11.8. The van der Waals surface area contributed by atoms with E-state index < -0.39 is 11.4 Å². The van der Waals surface area contributed by atoms with Gasteiger partial charge in [-0.05, 0) is 30.5 Å². The highest BCUT2D eigenvalue weighted by Gasteiger charge is 2.41. The Kier molecular flexibility index (Phi) is 3.47. The molecule has 0 atom stereocenters. The molecule has 0 unspecified atom stereocenters. The highest BCUT2D eigenvalue weighted by Crippen LogP contribution is 2.40. The number of nitrogens with zero attached hydrogens (tertiary/aromatic N) is 1. The molecule has 0 bridgehead atoms. The minimum Gasteiger partial charge on any atom is -0.481 e. The Morgan fingerprint density at radius 1 is 1.25 bits per heavy atom. The van der Waals surface area contributed by atoms with Crippen LogP contribution in [0, 0.1) is 0 Å². The summed E-state index contributed by atoms with van der Waals surface area (Å²) in [5.41, 5.74) is 1.06. The second-order valence-electron chi connectivity index (χ2n) is 5.56. The van der Waals surface area contributed by atoms with Gasteiger partial charge in [0.05, 0.1) is 12.0 Å². The van der Waals surface area contributed by atoms with Gasteiger partial charge in [-0.15, -0.1) is 0 Å². The van der Waals surface area contributed by atoms with Crippen molar-refractivity contribution in [2.24, 2.45) is 4.99 Å². The lowest BCUT2D eigenvalue weighted by molar-refractivity contribution is -0.145. The van der Waals surface area contributed by atoms with Crippen molar-refractivity contribution in [3.63, 3.8) is 0 Å². The third-order valence-electron chi connectivity index (χ3n) is 4.36. The van der Waals surface area contributed by atoms with Crippen LogP contribution in [0.15, 0.2) is 29.3 Å². The fourth-order valence-corrected chi connectivity index (χ4v) is 3.24. The molecule has 4 heteroatoms. The van der Waals surface area contributed by atoms with Crippen LogP contribution < -0.4 is 0 Å². The van der Waals surface area contributed by atoms with Gasteiger partial charge in [-0.1, -0.05) is 31.4 Å². The van der Waals surface area contributed by atoms with Crippen LogP contribution in [0.1, 0.15) is 43.2 Å². The van der Waals surface area contributed by atoms with Gasteiger partial charge < -0.3 is 9.84 Å². The number of ether oxygens (including phenoxy) is 1. The Labute approximate surface area is 118 Å². The molecular formula is C16H19NO3. The summed E-state index contributed by atoms with van der Waals surface area (Å²) in [5, 5.41) is 9.74. The van der Waals surface area contributed by atoms with Crippen LogP contribution in [0.3, 0.4) is 0 Å². The Hall–Kier alpha value is -1.84. The largest absolute Gasteiger partial charge is 0.481 e. The minimum atomic E-state index is -0.729. The van der Waals surface area contributed by atoms with Gasteiger partial charge in [0.15, 0.2) is 0 Å². The maximum Gasteiger partial charge on any atom is 0.314 e. The van der Waals surface area contributed by atoms with Crippen LogP contribution in [-0.4, -0.2) is 30.1 Å². The SMILES string of the molecule is O=C(O)C1(c2cccc(C3=NCCO3)c2)CCCCC1. The molecule has 1 aliphatic carbocycles. The van der Waals surface area contributed by atoms with Gasteiger partial charge >= 0.3 is 5.97 Å². The molecule has 0 saturated heterocycles. The first-order chi connectivity index (χ1) is 9.72. The van der Waals surface area contributed by atoms with E-state index in [0.29, 0.717) is 19.0 Å². The number of hydrogen-bond acceptors (Lipinski definition) is 3. The van der Waals surface area contributed by atoms with Crippen LogP contribution in [0.5, 0.6) is 0 Å². The van der Waals surface area contributed by atoms with Gasteiger partial charge in [0, 0.05) is 5.56 Å². The van der Waals surface area contributed by atoms with Gasteiger partial charge in [-0.2, -0.15) is 0 Å². The van der Waals surface area contributed by atoms with E-state index in [9.17, 15) is 9.90 Å². The van der Waals surface area contributed by atoms with Gasteiger partial charge in [0.25, 0.3) is 0 Å². The smallest absolute Gasteiger partial charge is 0.314 e. The number of aliphatic carboxylic acids is 1. The Balaban J connectivity index is 1.99. The molecule has 1 saturated carbocycles. The molecule has 1 aliphatic heterocycles. The lowest BCUT2D eigenvalue weighted by atomic mass is 9.69. The summed E-state index contributed by atoms with van der Waals surface area (Å²) in [7, 11) is 0. The number of carbonyl (C=O) groups is 1. The summed E-state index contributed by atoms with van der Waals surface area (Å²) in [6, 6.07) is 7.72. The Morgan fingerprint density at radius 3 is 2.70 bits per heavy atom. The molecule has 0 amide bonds. The summed E-state index contributed by atoms with van der Waals surface area (Å²) in [6.07, 6.45) is 4.53. The van der Waals surface area contributed by atoms with Crippen molar-refractivity contribution in [3.05, 3.63) is 35.4 Å². The Bertz CT molecular complexity index is 544. The van der Waals surface area contributed by atoms with Crippen molar-refractivity contribution in [2.45, 2.75) is 37.5 Å². The van der Waals surface area contributed by atoms with Gasteiger partial charge in [-0.3, -0.25) is 4.79 Å². The minimum absolute atomic E-state index is 0.615. The topological polar surface area (TPSA) is 58.9 Å².